The van der Waals surface area contributed by atoms with Gasteiger partial charge in [0.2, 0.25) is 29.9 Å². The van der Waals surface area contributed by atoms with Crippen LogP contribution in [0.25, 0.3) is 0 Å². The summed E-state index contributed by atoms with van der Waals surface area (Å²) in [6.45, 7) is 10.9. The molecule has 4 rings (SSSR count). The molecular formula is C52H74N4O31. The molecule has 4 aliphatic rings. The molecule has 0 unspecified atom stereocenters. The van der Waals surface area contributed by atoms with Crippen LogP contribution in [0.5, 0.6) is 0 Å². The predicted octanol–water partition coefficient (Wildman–Crippen LogP) is -3.47. The summed E-state index contributed by atoms with van der Waals surface area (Å²) < 4.78 is 100. The molecular weight excluding hydrogens is 1180 g/mol. The number of hydrogen-bond acceptors (Lipinski definition) is 31. The smallest absolute Gasteiger partial charge is 0.305 e. The largest absolute Gasteiger partial charge is 0.463 e. The molecule has 488 valence electrons. The van der Waals surface area contributed by atoms with Crippen molar-refractivity contribution < 1.29 is 148 Å². The fourth-order valence-corrected chi connectivity index (χ4v) is 9.73. The summed E-state index contributed by atoms with van der Waals surface area (Å²) >= 11 is 0. The summed E-state index contributed by atoms with van der Waals surface area (Å²) in [5.41, 5.74) is 0. The summed E-state index contributed by atoms with van der Waals surface area (Å²) in [6.07, 6.45) is -29.1. The van der Waals surface area contributed by atoms with Gasteiger partial charge in [-0.2, -0.15) is 0 Å². The van der Waals surface area contributed by atoms with Crippen LogP contribution >= 0.6 is 0 Å². The molecule has 4 N–H and O–H groups in total. The molecule has 4 fully saturated rings. The number of rotatable bonds is 24. The van der Waals surface area contributed by atoms with E-state index in [1.54, 1.807) is 0 Å². The third-order valence-electron chi connectivity index (χ3n) is 12.5. The van der Waals surface area contributed by atoms with Crippen LogP contribution in [0.4, 0.5) is 0 Å². The highest BCUT2D eigenvalue weighted by Crippen LogP contribution is 2.38. The summed E-state index contributed by atoms with van der Waals surface area (Å²) in [5.74, 6) is -13.0. The molecule has 4 saturated heterocycles. The van der Waals surface area contributed by atoms with Gasteiger partial charge in [0.25, 0.3) is 0 Å². The maximum absolute atomic E-state index is 13.4. The minimum absolute atomic E-state index is 0.704. The molecule has 0 aliphatic carbocycles. The maximum atomic E-state index is 13.4. The van der Waals surface area contributed by atoms with Crippen molar-refractivity contribution >= 4 is 83.3 Å². The fraction of sp³-hybridized carbons (Fsp3) is 0.731. The Hall–Kier alpha value is -7.70. The third-order valence-corrected chi connectivity index (χ3v) is 12.5. The highest BCUT2D eigenvalue weighted by atomic mass is 16.8. The van der Waals surface area contributed by atoms with Crippen LogP contribution in [0.1, 0.15) is 96.9 Å². The van der Waals surface area contributed by atoms with Gasteiger partial charge in [0.15, 0.2) is 49.4 Å². The van der Waals surface area contributed by atoms with Crippen LogP contribution in [0.15, 0.2) is 0 Å². The van der Waals surface area contributed by atoms with Gasteiger partial charge in [0.1, 0.15) is 93.3 Å². The van der Waals surface area contributed by atoms with Gasteiger partial charge in [-0.15, -0.1) is 0 Å². The molecule has 4 amide bonds. The minimum atomic E-state index is -2.07. The summed E-state index contributed by atoms with van der Waals surface area (Å²) in [6, 6.07) is -6.94. The van der Waals surface area contributed by atoms with Crippen LogP contribution in [-0.4, -0.2) is 232 Å². The van der Waals surface area contributed by atoms with Crippen molar-refractivity contribution in [3.63, 3.8) is 0 Å². The second kappa shape index (κ2) is 32.9. The lowest BCUT2D eigenvalue weighted by Gasteiger charge is -2.52. The van der Waals surface area contributed by atoms with Crippen LogP contribution in [-0.2, 0) is 148 Å². The van der Waals surface area contributed by atoms with Crippen molar-refractivity contribution in [3.8, 4) is 0 Å². The Kier molecular flexibility index (Phi) is 27.1. The van der Waals surface area contributed by atoms with Crippen LogP contribution in [0.3, 0.4) is 0 Å². The van der Waals surface area contributed by atoms with Gasteiger partial charge in [-0.05, 0) is 0 Å². The molecule has 35 heteroatoms. The second-order valence-electron chi connectivity index (χ2n) is 20.1. The lowest BCUT2D eigenvalue weighted by molar-refractivity contribution is -0.362. The molecule has 0 aromatic rings. The summed E-state index contributed by atoms with van der Waals surface area (Å²) in [4.78, 5) is 179. The van der Waals surface area contributed by atoms with E-state index in [9.17, 15) is 67.1 Å². The Bertz CT molecular complexity index is 2550. The summed E-state index contributed by atoms with van der Waals surface area (Å²) in [7, 11) is 0. The van der Waals surface area contributed by atoms with Gasteiger partial charge in [-0.3, -0.25) is 67.1 Å². The zero-order valence-corrected chi connectivity index (χ0v) is 50.0. The van der Waals surface area contributed by atoms with Crippen molar-refractivity contribution in [2.45, 2.75) is 220 Å². The maximum Gasteiger partial charge on any atom is 0.305 e. The topological polar surface area (TPSA) is 444 Å². The average molecular weight is 1250 g/mol. The van der Waals surface area contributed by atoms with Gasteiger partial charge in [-0.25, -0.2) is 0 Å². The van der Waals surface area contributed by atoms with Crippen molar-refractivity contribution in [3.05, 3.63) is 0 Å². The first-order valence-corrected chi connectivity index (χ1v) is 26.9. The van der Waals surface area contributed by atoms with E-state index >= 15 is 0 Å². The molecule has 0 saturated carbocycles. The highest BCUT2D eigenvalue weighted by Gasteiger charge is 2.60. The van der Waals surface area contributed by atoms with Crippen LogP contribution in [0.2, 0.25) is 0 Å². The molecule has 0 radical (unpaired) electrons. The summed E-state index contributed by atoms with van der Waals surface area (Å²) in [5, 5.41) is 10.1. The highest BCUT2D eigenvalue weighted by molar-refractivity contribution is 5.76. The lowest BCUT2D eigenvalue weighted by atomic mass is 9.92. The number of hydrogen-bond donors (Lipinski definition) is 4. The van der Waals surface area contributed by atoms with Gasteiger partial charge in [0.05, 0.1) is 0 Å². The molecule has 4 heterocycles. The van der Waals surface area contributed by atoms with E-state index in [0.717, 1.165) is 96.9 Å². The minimum Gasteiger partial charge on any atom is -0.463 e. The van der Waals surface area contributed by atoms with E-state index in [4.69, 9.17) is 80.5 Å². The Morgan fingerprint density at radius 3 is 0.667 bits per heavy atom. The van der Waals surface area contributed by atoms with Crippen molar-refractivity contribution in [2.24, 2.45) is 0 Å². The first-order valence-electron chi connectivity index (χ1n) is 26.9. The van der Waals surface area contributed by atoms with Gasteiger partial charge < -0.3 is 102 Å². The van der Waals surface area contributed by atoms with Crippen molar-refractivity contribution in [1.29, 1.82) is 0 Å². The number of amides is 4. The molecule has 20 atom stereocenters. The number of carbonyl (C=O) groups excluding carboxylic acids is 14. The fourth-order valence-electron chi connectivity index (χ4n) is 9.73. The van der Waals surface area contributed by atoms with Gasteiger partial charge in [0, 0.05) is 96.9 Å². The van der Waals surface area contributed by atoms with Crippen molar-refractivity contribution in [1.82, 2.24) is 21.3 Å². The zero-order valence-electron chi connectivity index (χ0n) is 50.0. The van der Waals surface area contributed by atoms with Crippen LogP contribution in [0, 0.1) is 0 Å². The van der Waals surface area contributed by atoms with Gasteiger partial charge >= 0.3 is 59.7 Å². The Morgan fingerprint density at radius 1 is 0.253 bits per heavy atom. The van der Waals surface area contributed by atoms with E-state index < -0.39 is 232 Å². The molecule has 0 aromatic heterocycles. The molecule has 0 aromatic carbocycles. The lowest BCUT2D eigenvalue weighted by Crippen LogP contribution is -2.73. The molecule has 0 bridgehead atoms. The average Bonchev–Trinajstić information content (AvgIpc) is 0.842. The predicted molar refractivity (Wildman–Crippen MR) is 276 cm³/mol. The van der Waals surface area contributed by atoms with E-state index in [1.165, 1.54) is 0 Å². The quantitative estimate of drug-likeness (QED) is 0.0539. The SMILES string of the molecule is CC(=O)N[C@H]1[C@H](O[C@H]2[C@H](OC(C)=O)[C@@H](NC(C)=O)[C@H](O[C@H]3[C@H](OC(C)=O)[C@@H](NC(C)=O)[C@H](O[C@H]4[C@H](OC(C)=O)[C@@H](NC(C)=O)[C@H](OC(C)=O)O[C@@H]4COC(C)=O)O[C@@H]3COC(C)=O)O[C@@H]2COC(C)=O)O[C@H](COC(C)=O)[C@@H](OC(C)=O)[C@@H]1OC(C)=O. The molecule has 87 heavy (non-hydrogen) atoms. The molecule has 35 nitrogen and oxygen atoms in total. The molecule has 4 aliphatic heterocycles. The van der Waals surface area contributed by atoms with E-state index in [2.05, 4.69) is 21.3 Å². The van der Waals surface area contributed by atoms with E-state index in [0.29, 0.717) is 0 Å². The Labute approximate surface area is 497 Å². The first kappa shape index (κ1) is 71.8. The zero-order chi connectivity index (χ0) is 65.3. The number of esters is 10. The number of nitrogens with one attached hydrogen (secondary N) is 4. The van der Waals surface area contributed by atoms with Crippen molar-refractivity contribution in [2.75, 3.05) is 26.4 Å². The Balaban J connectivity index is 1.99. The molecule has 0 spiro atoms. The first-order chi connectivity index (χ1) is 40.6. The Morgan fingerprint density at radius 2 is 0.448 bits per heavy atom. The third kappa shape index (κ3) is 21.9. The van der Waals surface area contributed by atoms with Gasteiger partial charge in [-0.1, -0.05) is 0 Å². The second-order valence-corrected chi connectivity index (χ2v) is 20.1. The standard InChI is InChI=1S/C52H74N4O31/c1-19(57)53-37-46(77-29(11)67)42(34(16-72-24(6)62)81-49(37)80-32(14)70)85-51-39(55-21(3)59)48(79-31(13)69)44(36(83-51)18-74-26(8)64)87-52-40(56-22(4)60)47(78-30(12)68)43(35(84-52)17-73-25(7)63)86-50-38(54-20(2)58)45(76-28(10)66)41(75-27(9)65)33(82-50)15-71-23(5)61/h33-52H,15-18H2,1-14H3,(H,53,57)(H,54,58)(H,55,59)(H,56,60)/t33-,34-,35-,36-,37-,38-,39-,40-,41-,42-,43-,44-,45-,46-,47-,48-,49-,50+,51+,52+/m1/s1. The van der Waals surface area contributed by atoms with E-state index in [1.807, 2.05) is 0 Å². The van der Waals surface area contributed by atoms with E-state index in [-0.39, 0.29) is 0 Å². The number of ether oxygens (including phenoxy) is 17. The number of carbonyl (C=O) groups is 14. The van der Waals surface area contributed by atoms with Crippen LogP contribution < -0.4 is 21.3 Å². The normalized spacial score (nSPS) is 31.9. The monoisotopic (exact) mass is 1250 g/mol.